The molecule has 1 atom stereocenters. The molecule has 0 radical (unpaired) electrons. The van der Waals surface area contributed by atoms with E-state index in [4.69, 9.17) is 4.74 Å². The number of hydrogen-bond donors (Lipinski definition) is 0. The maximum atomic E-state index is 13.2. The van der Waals surface area contributed by atoms with Crippen LogP contribution in [0.1, 0.15) is 36.5 Å². The van der Waals surface area contributed by atoms with Crippen molar-refractivity contribution in [2.45, 2.75) is 31.8 Å². The van der Waals surface area contributed by atoms with Gasteiger partial charge in [0.05, 0.1) is 0 Å². The van der Waals surface area contributed by atoms with Crippen LogP contribution in [-0.4, -0.2) is 5.78 Å². The van der Waals surface area contributed by atoms with E-state index in [1.54, 1.807) is 0 Å². The number of benzene rings is 2. The van der Waals surface area contributed by atoms with Crippen LogP contribution in [0.2, 0.25) is 0 Å². The zero-order valence-electron chi connectivity index (χ0n) is 12.6. The van der Waals surface area contributed by atoms with Crippen LogP contribution in [0, 0.1) is 0 Å². The molecule has 2 aromatic rings. The first-order valence-corrected chi connectivity index (χ1v) is 7.86. The van der Waals surface area contributed by atoms with Crippen molar-refractivity contribution in [3.63, 3.8) is 0 Å². The number of para-hydroxylation sites is 1. The fraction of sp³-hybridized carbons (Fsp3) is 0.250. The summed E-state index contributed by atoms with van der Waals surface area (Å²) in [4.78, 5) is 13.2. The zero-order valence-corrected chi connectivity index (χ0v) is 12.6. The normalized spacial score (nSPS) is 22.0. The third kappa shape index (κ3) is 1.77. The van der Waals surface area contributed by atoms with Gasteiger partial charge in [-0.3, -0.25) is 4.79 Å². The van der Waals surface area contributed by atoms with Crippen molar-refractivity contribution >= 4 is 11.9 Å². The van der Waals surface area contributed by atoms with Crippen molar-refractivity contribution in [3.05, 3.63) is 70.8 Å². The minimum Gasteiger partial charge on any atom is -0.474 e. The number of carbonyl (C=O) groups is 1. The molecular formula is C20H18O2. The number of ether oxygens (including phenoxy) is 1. The maximum absolute atomic E-state index is 13.2. The van der Waals surface area contributed by atoms with Gasteiger partial charge < -0.3 is 4.74 Å². The van der Waals surface area contributed by atoms with E-state index in [1.807, 2.05) is 42.5 Å². The Morgan fingerprint density at radius 3 is 2.68 bits per heavy atom. The second kappa shape index (κ2) is 4.84. The van der Waals surface area contributed by atoms with Crippen LogP contribution < -0.4 is 4.74 Å². The summed E-state index contributed by atoms with van der Waals surface area (Å²) in [6, 6.07) is 16.1. The van der Waals surface area contributed by atoms with Crippen molar-refractivity contribution in [3.8, 4) is 5.75 Å². The second-order valence-corrected chi connectivity index (χ2v) is 6.05. The molecule has 0 saturated carbocycles. The van der Waals surface area contributed by atoms with Gasteiger partial charge in [-0.2, -0.15) is 0 Å². The Bertz CT molecular complexity index is 761. The lowest BCUT2D eigenvalue weighted by Gasteiger charge is -2.33. The molecule has 1 aliphatic carbocycles. The summed E-state index contributed by atoms with van der Waals surface area (Å²) in [6.07, 6.45) is 4.43. The van der Waals surface area contributed by atoms with E-state index < -0.39 is 5.60 Å². The Morgan fingerprint density at radius 1 is 1.09 bits per heavy atom. The molecule has 22 heavy (non-hydrogen) atoms. The molecule has 0 aromatic heterocycles. The van der Waals surface area contributed by atoms with Gasteiger partial charge in [0.15, 0.2) is 0 Å². The molecule has 2 aliphatic rings. The quantitative estimate of drug-likeness (QED) is 0.825. The molecule has 2 nitrogen and oxygen atoms in total. The minimum absolute atomic E-state index is 0.129. The van der Waals surface area contributed by atoms with Crippen molar-refractivity contribution < 1.29 is 9.53 Å². The molecule has 110 valence electrons. The first kappa shape index (κ1) is 13.3. The Kier molecular flexibility index (Phi) is 2.93. The molecule has 1 heterocycles. The highest BCUT2D eigenvalue weighted by molar-refractivity contribution is 6.09. The minimum atomic E-state index is -0.862. The predicted octanol–water partition coefficient (Wildman–Crippen LogP) is 4.28. The summed E-state index contributed by atoms with van der Waals surface area (Å²) in [6.45, 7) is 2.10. The Labute approximate surface area is 130 Å². The Balaban J connectivity index is 1.90. The van der Waals surface area contributed by atoms with Gasteiger partial charge in [-0.1, -0.05) is 55.8 Å². The van der Waals surface area contributed by atoms with Crippen LogP contribution in [0.5, 0.6) is 5.75 Å². The van der Waals surface area contributed by atoms with Crippen LogP contribution in [-0.2, 0) is 16.8 Å². The van der Waals surface area contributed by atoms with Crippen molar-refractivity contribution in [1.82, 2.24) is 0 Å². The summed E-state index contributed by atoms with van der Waals surface area (Å²) < 4.78 is 6.26. The lowest BCUT2D eigenvalue weighted by Crippen LogP contribution is -2.43. The summed E-state index contributed by atoms with van der Waals surface area (Å²) in [5, 5.41) is 0. The van der Waals surface area contributed by atoms with E-state index in [0.29, 0.717) is 6.42 Å². The predicted molar refractivity (Wildman–Crippen MR) is 86.8 cm³/mol. The third-order valence-electron chi connectivity index (χ3n) is 4.60. The fourth-order valence-corrected chi connectivity index (χ4v) is 3.60. The van der Waals surface area contributed by atoms with Gasteiger partial charge in [-0.15, -0.1) is 0 Å². The SMILES string of the molecule is CCCC1=Cc2ccccc2[C@]2(Cc3ccccc3O2)C1=O. The molecule has 0 bridgehead atoms. The molecule has 1 spiro atoms. The number of fused-ring (bicyclic) bond motifs is 3. The summed E-state index contributed by atoms with van der Waals surface area (Å²) in [5.74, 6) is 0.965. The molecule has 0 N–H and O–H groups in total. The van der Waals surface area contributed by atoms with Crippen LogP contribution in [0.15, 0.2) is 54.1 Å². The average Bonchev–Trinajstić information content (AvgIpc) is 2.93. The highest BCUT2D eigenvalue weighted by atomic mass is 16.5. The highest BCUT2D eigenvalue weighted by Gasteiger charge is 2.50. The van der Waals surface area contributed by atoms with Gasteiger partial charge in [0.1, 0.15) is 5.75 Å². The first-order chi connectivity index (χ1) is 10.7. The number of rotatable bonds is 2. The number of ketones is 1. The van der Waals surface area contributed by atoms with Gasteiger partial charge in [0.2, 0.25) is 11.4 Å². The number of carbonyl (C=O) groups excluding carboxylic acids is 1. The van der Waals surface area contributed by atoms with Crippen molar-refractivity contribution in [2.75, 3.05) is 0 Å². The van der Waals surface area contributed by atoms with E-state index in [1.165, 1.54) is 0 Å². The van der Waals surface area contributed by atoms with E-state index in [9.17, 15) is 4.79 Å². The smallest absolute Gasteiger partial charge is 0.207 e. The number of Topliss-reactive ketones (excluding diaryl/α,β-unsaturated/α-hetero) is 1. The molecule has 0 fully saturated rings. The third-order valence-corrected chi connectivity index (χ3v) is 4.60. The van der Waals surface area contributed by atoms with Crippen molar-refractivity contribution in [1.29, 1.82) is 0 Å². The van der Waals surface area contributed by atoms with Crippen LogP contribution in [0.4, 0.5) is 0 Å². The largest absolute Gasteiger partial charge is 0.474 e. The maximum Gasteiger partial charge on any atom is 0.207 e. The average molecular weight is 290 g/mol. The fourth-order valence-electron chi connectivity index (χ4n) is 3.60. The highest BCUT2D eigenvalue weighted by Crippen LogP contribution is 2.47. The molecule has 1 aliphatic heterocycles. The van der Waals surface area contributed by atoms with Gasteiger partial charge in [-0.05, 0) is 29.7 Å². The van der Waals surface area contributed by atoms with Crippen LogP contribution >= 0.6 is 0 Å². The molecule has 4 rings (SSSR count). The van der Waals surface area contributed by atoms with Gasteiger partial charge in [-0.25, -0.2) is 0 Å². The number of hydrogen-bond acceptors (Lipinski definition) is 2. The summed E-state index contributed by atoms with van der Waals surface area (Å²) >= 11 is 0. The standard InChI is InChI=1S/C20H18O2/c1-2-7-15-12-14-8-3-5-10-17(14)20(19(15)21)13-16-9-4-6-11-18(16)22-20/h3-6,8-12H,2,7,13H2,1H3/t20-/m1/s1. The summed E-state index contributed by atoms with van der Waals surface area (Å²) in [7, 11) is 0. The summed E-state index contributed by atoms with van der Waals surface area (Å²) in [5.41, 5.74) is 3.24. The lowest BCUT2D eigenvalue weighted by atomic mass is 9.75. The Hall–Kier alpha value is -2.35. The van der Waals surface area contributed by atoms with Gasteiger partial charge in [0.25, 0.3) is 0 Å². The first-order valence-electron chi connectivity index (χ1n) is 7.86. The molecule has 0 unspecified atom stereocenters. The van der Waals surface area contributed by atoms with Gasteiger partial charge >= 0.3 is 0 Å². The van der Waals surface area contributed by atoms with Crippen molar-refractivity contribution in [2.24, 2.45) is 0 Å². The van der Waals surface area contributed by atoms with E-state index >= 15 is 0 Å². The Morgan fingerprint density at radius 2 is 1.86 bits per heavy atom. The van der Waals surface area contributed by atoms with E-state index in [2.05, 4.69) is 19.1 Å². The van der Waals surface area contributed by atoms with Crippen LogP contribution in [0.25, 0.3) is 6.08 Å². The zero-order chi connectivity index (χ0) is 15.2. The van der Waals surface area contributed by atoms with E-state index in [0.717, 1.165) is 40.9 Å². The molecule has 2 aromatic carbocycles. The lowest BCUT2D eigenvalue weighted by molar-refractivity contribution is -0.130. The second-order valence-electron chi connectivity index (χ2n) is 6.05. The topological polar surface area (TPSA) is 26.3 Å². The monoisotopic (exact) mass is 290 g/mol. The van der Waals surface area contributed by atoms with E-state index in [-0.39, 0.29) is 5.78 Å². The molecule has 2 heteroatoms. The molecule has 0 amide bonds. The van der Waals surface area contributed by atoms with Gasteiger partial charge in [0, 0.05) is 17.6 Å². The van der Waals surface area contributed by atoms with Crippen LogP contribution in [0.3, 0.4) is 0 Å². The molecular weight excluding hydrogens is 272 g/mol. The molecule has 0 saturated heterocycles.